The largest absolute Gasteiger partial charge is 1.00 e. The number of rotatable bonds is 2. The molecular weight excluding hydrogens is 170 g/mol. The fraction of sp³-hybridized carbons (Fsp3) is 0.200. The minimum absolute atomic E-state index is 0. The van der Waals surface area contributed by atoms with Crippen LogP contribution in [0.3, 0.4) is 0 Å². The number of carboxylic acid groups (broad SMARTS) is 2. The van der Waals surface area contributed by atoms with Crippen molar-refractivity contribution < 1.29 is 78.9 Å². The molecule has 6 heteroatoms. The van der Waals surface area contributed by atoms with Gasteiger partial charge in [-0.3, -0.25) is 0 Å². The fourth-order valence-corrected chi connectivity index (χ4v) is 0.236. The maximum Gasteiger partial charge on any atom is 1.00 e. The van der Waals surface area contributed by atoms with Gasteiger partial charge in [0.05, 0.1) is 11.9 Å². The van der Waals surface area contributed by atoms with Gasteiger partial charge in [-0.15, -0.1) is 0 Å². The number of hydrogen-bond acceptors (Lipinski definition) is 4. The van der Waals surface area contributed by atoms with Gasteiger partial charge in [0.25, 0.3) is 0 Å². The molecule has 0 fully saturated rings. The number of hydrogen-bond donors (Lipinski definition) is 0. The Morgan fingerprint density at radius 1 is 1.18 bits per heavy atom. The van der Waals surface area contributed by atoms with E-state index in [1.807, 2.05) is 0 Å². The maximum absolute atomic E-state index is 9.76. The molecule has 0 heterocycles. The summed E-state index contributed by atoms with van der Waals surface area (Å²) >= 11 is 0. The molecule has 0 N–H and O–H groups in total. The third kappa shape index (κ3) is 10.7. The van der Waals surface area contributed by atoms with Gasteiger partial charge in [0.1, 0.15) is 0 Å². The van der Waals surface area contributed by atoms with Crippen molar-refractivity contribution in [1.29, 1.82) is 0 Å². The van der Waals surface area contributed by atoms with E-state index < -0.39 is 11.9 Å². The number of carbonyl (C=O) groups is 2. The van der Waals surface area contributed by atoms with E-state index >= 15 is 0 Å². The van der Waals surface area contributed by atoms with Crippen LogP contribution in [0.25, 0.3) is 0 Å². The van der Waals surface area contributed by atoms with Crippen molar-refractivity contribution in [3.63, 3.8) is 0 Å². The van der Waals surface area contributed by atoms with Crippen LogP contribution in [0, 0.1) is 0 Å². The summed E-state index contributed by atoms with van der Waals surface area (Å²) in [6.45, 7) is 1.12. The summed E-state index contributed by atoms with van der Waals surface area (Å²) in [5, 5.41) is 19.4. The fourth-order valence-electron chi connectivity index (χ4n) is 0.236. The maximum atomic E-state index is 9.76. The van der Waals surface area contributed by atoms with Gasteiger partial charge in [-0.1, -0.05) is 0 Å². The topological polar surface area (TPSA) is 80.3 Å². The Kier molecular flexibility index (Phi) is 14.1. The first-order chi connectivity index (χ1) is 4.04. The average molecular weight is 174 g/mol. The summed E-state index contributed by atoms with van der Waals surface area (Å²) in [6, 6.07) is 0. The molecule has 0 aliphatic rings. The molecule has 0 amide bonds. The van der Waals surface area contributed by atoms with Crippen molar-refractivity contribution in [1.82, 2.24) is 0 Å². The third-order valence-electron chi connectivity index (χ3n) is 0.656. The Morgan fingerprint density at radius 3 is 1.64 bits per heavy atom. The summed E-state index contributed by atoms with van der Waals surface area (Å²) in [5.74, 6) is -3.03. The molecule has 0 spiro atoms. The van der Waals surface area contributed by atoms with Crippen LogP contribution in [0.4, 0.5) is 0 Å². The molecule has 0 aliphatic heterocycles. The van der Waals surface area contributed by atoms with E-state index in [1.165, 1.54) is 0 Å². The molecule has 0 bridgehead atoms. The summed E-state index contributed by atoms with van der Waals surface area (Å²) in [5.41, 5.74) is -0.352. The Bertz CT molecular complexity index is 175. The number of aliphatic carboxylic acids is 2. The SMILES string of the molecule is C/C(=C\C(=O)[O-])C(=O)[O-].[Na+].[Na+]. The van der Waals surface area contributed by atoms with Gasteiger partial charge < -0.3 is 19.8 Å². The minimum atomic E-state index is -1.53. The summed E-state index contributed by atoms with van der Waals surface area (Å²) in [7, 11) is 0. The average Bonchev–Trinajstić information content (AvgIpc) is 1.63. The van der Waals surface area contributed by atoms with E-state index in [-0.39, 0.29) is 64.7 Å². The molecule has 0 aliphatic carbocycles. The second-order valence-electron chi connectivity index (χ2n) is 1.43. The normalized spacial score (nSPS) is 9.00. The number of carboxylic acids is 2. The molecule has 0 unspecified atom stereocenters. The van der Waals surface area contributed by atoms with E-state index in [9.17, 15) is 19.8 Å². The van der Waals surface area contributed by atoms with Crippen LogP contribution in [0.15, 0.2) is 11.6 Å². The molecule has 0 aromatic carbocycles. The Labute approximate surface area is 108 Å². The molecule has 11 heavy (non-hydrogen) atoms. The molecule has 0 aromatic heterocycles. The molecule has 50 valence electrons. The number of carbonyl (C=O) groups excluding carboxylic acids is 2. The molecule has 0 saturated carbocycles. The Balaban J connectivity index is -0.000000320. The van der Waals surface area contributed by atoms with Crippen molar-refractivity contribution in [3.05, 3.63) is 11.6 Å². The van der Waals surface area contributed by atoms with Gasteiger partial charge in [-0.2, -0.15) is 0 Å². The smallest absolute Gasteiger partial charge is 0.545 e. The Morgan fingerprint density at radius 2 is 1.55 bits per heavy atom. The van der Waals surface area contributed by atoms with E-state index in [2.05, 4.69) is 0 Å². The van der Waals surface area contributed by atoms with Gasteiger partial charge >= 0.3 is 59.1 Å². The van der Waals surface area contributed by atoms with Crippen LogP contribution in [0.1, 0.15) is 6.92 Å². The zero-order valence-corrected chi connectivity index (χ0v) is 10.7. The monoisotopic (exact) mass is 174 g/mol. The van der Waals surface area contributed by atoms with Gasteiger partial charge in [0.15, 0.2) is 0 Å². The first-order valence-electron chi connectivity index (χ1n) is 2.14. The van der Waals surface area contributed by atoms with Crippen LogP contribution in [-0.4, -0.2) is 11.9 Å². The molecule has 0 rings (SSSR count). The molecule has 0 aromatic rings. The van der Waals surface area contributed by atoms with Gasteiger partial charge in [-0.05, 0) is 18.6 Å². The molecule has 0 saturated heterocycles. The second kappa shape index (κ2) is 8.77. The first-order valence-corrected chi connectivity index (χ1v) is 2.14. The van der Waals surface area contributed by atoms with E-state index in [0.717, 1.165) is 6.92 Å². The minimum Gasteiger partial charge on any atom is -0.545 e. The van der Waals surface area contributed by atoms with Gasteiger partial charge in [-0.25, -0.2) is 0 Å². The predicted molar refractivity (Wildman–Crippen MR) is 23.8 cm³/mol. The van der Waals surface area contributed by atoms with Crippen molar-refractivity contribution in [3.8, 4) is 0 Å². The van der Waals surface area contributed by atoms with Crippen molar-refractivity contribution in [2.45, 2.75) is 6.92 Å². The summed E-state index contributed by atoms with van der Waals surface area (Å²) < 4.78 is 0. The van der Waals surface area contributed by atoms with Crippen LogP contribution in [0.5, 0.6) is 0 Å². The second-order valence-corrected chi connectivity index (χ2v) is 1.43. The van der Waals surface area contributed by atoms with Crippen LogP contribution in [-0.2, 0) is 9.59 Å². The van der Waals surface area contributed by atoms with E-state index in [1.54, 1.807) is 0 Å². The van der Waals surface area contributed by atoms with Crippen molar-refractivity contribution in [2.24, 2.45) is 0 Å². The molecule has 0 radical (unpaired) electrons. The summed E-state index contributed by atoms with van der Waals surface area (Å²) in [6.07, 6.45) is 0.468. The zero-order chi connectivity index (χ0) is 7.44. The van der Waals surface area contributed by atoms with Crippen molar-refractivity contribution in [2.75, 3.05) is 0 Å². The third-order valence-corrected chi connectivity index (χ3v) is 0.656. The quantitative estimate of drug-likeness (QED) is 0.307. The van der Waals surface area contributed by atoms with Crippen LogP contribution < -0.4 is 69.3 Å². The molecular formula is C5H4Na2O4. The summed E-state index contributed by atoms with van der Waals surface area (Å²) in [4.78, 5) is 19.4. The van der Waals surface area contributed by atoms with E-state index in [0.29, 0.717) is 6.08 Å². The molecule has 4 nitrogen and oxygen atoms in total. The molecule has 0 atom stereocenters. The van der Waals surface area contributed by atoms with E-state index in [4.69, 9.17) is 0 Å². The standard InChI is InChI=1S/C5H6O4.2Na/c1-3(5(8)9)2-4(6)7;;/h2H,1H3,(H,6,7)(H,8,9);;/q;2*+1/p-2/b3-2+;;. The van der Waals surface area contributed by atoms with Crippen LogP contribution >= 0.6 is 0 Å². The first kappa shape index (κ1) is 17.7. The zero-order valence-electron chi connectivity index (χ0n) is 6.71. The van der Waals surface area contributed by atoms with Crippen LogP contribution in [0.2, 0.25) is 0 Å². The van der Waals surface area contributed by atoms with Crippen molar-refractivity contribution >= 4 is 11.9 Å². The predicted octanol–water partition coefficient (Wildman–Crippen LogP) is -8.56. The Hall–Kier alpha value is 0.680. The van der Waals surface area contributed by atoms with Gasteiger partial charge in [0.2, 0.25) is 0 Å². The van der Waals surface area contributed by atoms with Gasteiger partial charge in [0, 0.05) is 0 Å².